The molecule has 0 aliphatic carbocycles. The Balaban J connectivity index is 1.91. The third-order valence-corrected chi connectivity index (χ3v) is 5.46. The van der Waals surface area contributed by atoms with Gasteiger partial charge in [0, 0.05) is 24.6 Å². The summed E-state index contributed by atoms with van der Waals surface area (Å²) in [6, 6.07) is 9.30. The zero-order valence-electron chi connectivity index (χ0n) is 14.8. The summed E-state index contributed by atoms with van der Waals surface area (Å²) < 4.78 is 43.4. The predicted octanol–water partition coefficient (Wildman–Crippen LogP) is 4.12. The molecule has 3 rings (SSSR count). The van der Waals surface area contributed by atoms with Crippen molar-refractivity contribution in [2.75, 3.05) is 18.9 Å². The van der Waals surface area contributed by atoms with Crippen LogP contribution >= 0.6 is 11.6 Å². The van der Waals surface area contributed by atoms with Crippen LogP contribution in [0.1, 0.15) is 5.89 Å². The molecule has 142 valence electrons. The Kier molecular flexibility index (Phi) is 5.29. The van der Waals surface area contributed by atoms with Gasteiger partial charge in [0.15, 0.2) is 5.89 Å². The summed E-state index contributed by atoms with van der Waals surface area (Å²) in [7, 11) is -0.988. The highest BCUT2D eigenvalue weighted by Crippen LogP contribution is 2.38. The van der Waals surface area contributed by atoms with E-state index in [9.17, 15) is 8.42 Å². The number of aromatic nitrogens is 1. The summed E-state index contributed by atoms with van der Waals surface area (Å²) in [5.74, 6) is 1.23. The molecule has 0 bridgehead atoms. The van der Waals surface area contributed by atoms with Gasteiger partial charge < -0.3 is 13.9 Å². The van der Waals surface area contributed by atoms with Crippen LogP contribution < -0.4 is 14.2 Å². The van der Waals surface area contributed by atoms with Gasteiger partial charge >= 0.3 is 0 Å². The van der Waals surface area contributed by atoms with Crippen LogP contribution in [0.25, 0.3) is 11.3 Å². The molecule has 2 aromatic carbocycles. The predicted molar refractivity (Wildman–Crippen MR) is 102 cm³/mol. The maximum absolute atomic E-state index is 12.7. The van der Waals surface area contributed by atoms with E-state index in [1.165, 1.54) is 38.7 Å². The lowest BCUT2D eigenvalue weighted by atomic mass is 10.2. The van der Waals surface area contributed by atoms with Crippen LogP contribution in [0.4, 0.5) is 5.69 Å². The standard InChI is InChI=1S/C18H17ClN2O5S/c1-11-20-16(10-26-11)12-4-6-14(7-5-12)27(22,23)21-18-15(19)8-13(24-2)9-17(18)25-3/h4-10,21H,1-3H3. The summed E-state index contributed by atoms with van der Waals surface area (Å²) in [6.45, 7) is 1.73. The maximum atomic E-state index is 12.7. The third-order valence-electron chi connectivity index (χ3n) is 3.80. The zero-order chi connectivity index (χ0) is 19.6. The van der Waals surface area contributed by atoms with Gasteiger partial charge in [-0.05, 0) is 12.1 Å². The molecule has 1 heterocycles. The number of rotatable bonds is 6. The number of aryl methyl sites for hydroxylation is 1. The van der Waals surface area contributed by atoms with E-state index in [0.717, 1.165) is 5.56 Å². The number of halogens is 1. The Bertz CT molecular complexity index is 1060. The van der Waals surface area contributed by atoms with E-state index >= 15 is 0 Å². The number of oxazole rings is 1. The van der Waals surface area contributed by atoms with Crippen LogP contribution in [0.2, 0.25) is 5.02 Å². The summed E-state index contributed by atoms with van der Waals surface area (Å²) in [4.78, 5) is 4.28. The normalized spacial score (nSPS) is 11.3. The smallest absolute Gasteiger partial charge is 0.262 e. The second-order valence-corrected chi connectivity index (χ2v) is 7.66. The Labute approximate surface area is 161 Å². The average molecular weight is 409 g/mol. The van der Waals surface area contributed by atoms with Gasteiger partial charge in [-0.1, -0.05) is 23.7 Å². The van der Waals surface area contributed by atoms with Gasteiger partial charge in [-0.15, -0.1) is 0 Å². The maximum Gasteiger partial charge on any atom is 0.262 e. The lowest BCUT2D eigenvalue weighted by molar-refractivity contribution is 0.395. The SMILES string of the molecule is COc1cc(Cl)c(NS(=O)(=O)c2ccc(-c3coc(C)n3)cc2)c(OC)c1. The van der Waals surface area contributed by atoms with Crippen molar-refractivity contribution in [1.82, 2.24) is 4.98 Å². The van der Waals surface area contributed by atoms with Crippen molar-refractivity contribution in [1.29, 1.82) is 0 Å². The Morgan fingerprint density at radius 3 is 2.37 bits per heavy atom. The van der Waals surface area contributed by atoms with E-state index in [0.29, 0.717) is 17.3 Å². The number of ether oxygens (including phenoxy) is 2. The minimum Gasteiger partial charge on any atom is -0.497 e. The molecule has 0 fully saturated rings. The van der Waals surface area contributed by atoms with Crippen molar-refractivity contribution in [2.24, 2.45) is 0 Å². The van der Waals surface area contributed by atoms with Crippen LogP contribution in [0.15, 0.2) is 52.0 Å². The second kappa shape index (κ2) is 7.50. The minimum absolute atomic E-state index is 0.0698. The highest BCUT2D eigenvalue weighted by atomic mass is 35.5. The molecule has 0 radical (unpaired) electrons. The summed E-state index contributed by atoms with van der Waals surface area (Å²) in [5, 5.41) is 0.157. The molecule has 1 aromatic heterocycles. The van der Waals surface area contributed by atoms with E-state index in [2.05, 4.69) is 9.71 Å². The van der Waals surface area contributed by atoms with Gasteiger partial charge in [-0.2, -0.15) is 0 Å². The van der Waals surface area contributed by atoms with Gasteiger partial charge in [-0.25, -0.2) is 13.4 Å². The lowest BCUT2D eigenvalue weighted by Gasteiger charge is -2.15. The summed E-state index contributed by atoms with van der Waals surface area (Å²) in [5.41, 5.74) is 1.51. The van der Waals surface area contributed by atoms with Crippen molar-refractivity contribution in [3.63, 3.8) is 0 Å². The highest BCUT2D eigenvalue weighted by Gasteiger charge is 2.20. The monoisotopic (exact) mass is 408 g/mol. The Morgan fingerprint density at radius 2 is 1.81 bits per heavy atom. The number of hydrogen-bond acceptors (Lipinski definition) is 6. The number of nitrogens with one attached hydrogen (secondary N) is 1. The van der Waals surface area contributed by atoms with Crippen molar-refractivity contribution >= 4 is 27.3 Å². The fourth-order valence-corrected chi connectivity index (χ4v) is 3.83. The van der Waals surface area contributed by atoms with Crippen LogP contribution in [0, 0.1) is 6.92 Å². The molecule has 0 spiro atoms. The molecule has 0 amide bonds. The molecule has 7 nitrogen and oxygen atoms in total. The molecule has 3 aromatic rings. The van der Waals surface area contributed by atoms with Crippen LogP contribution in [-0.4, -0.2) is 27.6 Å². The molecule has 0 aliphatic heterocycles. The fourth-order valence-electron chi connectivity index (χ4n) is 2.43. The molecule has 9 heteroatoms. The first-order chi connectivity index (χ1) is 12.8. The summed E-state index contributed by atoms with van der Waals surface area (Å²) in [6.07, 6.45) is 1.51. The van der Waals surface area contributed by atoms with E-state index in [-0.39, 0.29) is 21.4 Å². The van der Waals surface area contributed by atoms with Gasteiger partial charge in [0.05, 0.1) is 24.1 Å². The quantitative estimate of drug-likeness (QED) is 0.659. The van der Waals surface area contributed by atoms with Crippen molar-refractivity contribution < 1.29 is 22.3 Å². The molecule has 27 heavy (non-hydrogen) atoms. The number of sulfonamides is 1. The topological polar surface area (TPSA) is 90.7 Å². The lowest BCUT2D eigenvalue weighted by Crippen LogP contribution is -2.14. The minimum atomic E-state index is -3.88. The largest absolute Gasteiger partial charge is 0.497 e. The van der Waals surface area contributed by atoms with Gasteiger partial charge in [0.2, 0.25) is 0 Å². The molecule has 0 saturated carbocycles. The van der Waals surface area contributed by atoms with Crippen LogP contribution in [0.5, 0.6) is 11.5 Å². The van der Waals surface area contributed by atoms with Crippen LogP contribution in [0.3, 0.4) is 0 Å². The fraction of sp³-hybridized carbons (Fsp3) is 0.167. The molecule has 0 aliphatic rings. The van der Waals surface area contributed by atoms with Gasteiger partial charge in [0.25, 0.3) is 10.0 Å². The van der Waals surface area contributed by atoms with Crippen LogP contribution in [-0.2, 0) is 10.0 Å². The number of methoxy groups -OCH3 is 2. The van der Waals surface area contributed by atoms with Gasteiger partial charge in [0.1, 0.15) is 29.1 Å². The second-order valence-electron chi connectivity index (χ2n) is 5.57. The highest BCUT2D eigenvalue weighted by molar-refractivity contribution is 7.92. The summed E-state index contributed by atoms with van der Waals surface area (Å²) >= 11 is 6.19. The zero-order valence-corrected chi connectivity index (χ0v) is 16.4. The molecule has 0 saturated heterocycles. The molecule has 0 unspecified atom stereocenters. The van der Waals surface area contributed by atoms with E-state index in [1.54, 1.807) is 25.1 Å². The Hall–Kier alpha value is -2.71. The molecule has 1 N–H and O–H groups in total. The van der Waals surface area contributed by atoms with E-state index in [4.69, 9.17) is 25.5 Å². The van der Waals surface area contributed by atoms with Gasteiger partial charge in [-0.3, -0.25) is 4.72 Å². The first kappa shape index (κ1) is 19.1. The van der Waals surface area contributed by atoms with Crippen molar-refractivity contribution in [3.8, 4) is 22.8 Å². The van der Waals surface area contributed by atoms with E-state index in [1.807, 2.05) is 0 Å². The van der Waals surface area contributed by atoms with Crippen molar-refractivity contribution in [3.05, 3.63) is 53.6 Å². The number of anilines is 1. The number of nitrogens with zero attached hydrogens (tertiary/aromatic N) is 1. The average Bonchev–Trinajstić information content (AvgIpc) is 3.09. The first-order valence-electron chi connectivity index (χ1n) is 7.81. The Morgan fingerprint density at radius 1 is 1.11 bits per heavy atom. The number of hydrogen-bond donors (Lipinski definition) is 1. The van der Waals surface area contributed by atoms with Crippen molar-refractivity contribution in [2.45, 2.75) is 11.8 Å². The molecular formula is C18H17ClN2O5S. The third kappa shape index (κ3) is 4.01. The molecular weight excluding hydrogens is 392 g/mol. The molecule has 0 atom stereocenters. The number of benzene rings is 2. The van der Waals surface area contributed by atoms with E-state index < -0.39 is 10.0 Å². The first-order valence-corrected chi connectivity index (χ1v) is 9.67.